The zero-order valence-corrected chi connectivity index (χ0v) is 19.3. The number of nitrogens with one attached hydrogen (secondary N) is 2. The van der Waals surface area contributed by atoms with Gasteiger partial charge < -0.3 is 10.2 Å². The highest BCUT2D eigenvalue weighted by atomic mass is 32.2. The van der Waals surface area contributed by atoms with E-state index in [1.807, 2.05) is 44.2 Å². The van der Waals surface area contributed by atoms with Gasteiger partial charge in [-0.05, 0) is 74.6 Å². The van der Waals surface area contributed by atoms with Crippen LogP contribution < -0.4 is 14.9 Å². The fourth-order valence-electron chi connectivity index (χ4n) is 3.74. The largest absolute Gasteiger partial charge is 0.341 e. The third-order valence-electron chi connectivity index (χ3n) is 5.53. The quantitative estimate of drug-likeness (QED) is 0.532. The summed E-state index contributed by atoms with van der Waals surface area (Å²) in [5.74, 6) is 1.48. The Labute approximate surface area is 190 Å². The molecule has 0 radical (unpaired) electrons. The van der Waals surface area contributed by atoms with E-state index in [0.29, 0.717) is 5.69 Å². The highest BCUT2D eigenvalue weighted by molar-refractivity contribution is 7.92. The van der Waals surface area contributed by atoms with Crippen molar-refractivity contribution >= 4 is 33.2 Å². The van der Waals surface area contributed by atoms with Crippen LogP contribution >= 0.6 is 0 Å². The maximum atomic E-state index is 12.7. The van der Waals surface area contributed by atoms with E-state index in [2.05, 4.69) is 24.9 Å². The minimum Gasteiger partial charge on any atom is -0.341 e. The topological polar surface area (TPSA) is 87.2 Å². The van der Waals surface area contributed by atoms with Crippen LogP contribution in [0.3, 0.4) is 0 Å². The minimum atomic E-state index is -3.63. The predicted octanol–water partition coefficient (Wildman–Crippen LogP) is 4.88. The molecule has 1 saturated heterocycles. The highest BCUT2D eigenvalue weighted by Gasteiger charge is 2.16. The van der Waals surface area contributed by atoms with Gasteiger partial charge in [0, 0.05) is 36.2 Å². The zero-order valence-electron chi connectivity index (χ0n) is 18.5. The summed E-state index contributed by atoms with van der Waals surface area (Å²) < 4.78 is 27.9. The molecule has 2 N–H and O–H groups in total. The summed E-state index contributed by atoms with van der Waals surface area (Å²) in [6, 6.07) is 16.0. The van der Waals surface area contributed by atoms with Crippen LogP contribution in [0.15, 0.2) is 59.5 Å². The molecule has 4 rings (SSSR count). The Morgan fingerprint density at radius 1 is 0.906 bits per heavy atom. The lowest BCUT2D eigenvalue weighted by Crippen LogP contribution is -2.31. The van der Waals surface area contributed by atoms with Crippen molar-refractivity contribution in [2.45, 2.75) is 44.4 Å². The molecule has 1 aliphatic rings. The molecule has 1 aromatic heterocycles. The first-order valence-electron chi connectivity index (χ1n) is 11.0. The number of nitrogens with zero attached hydrogens (tertiary/aromatic N) is 3. The summed E-state index contributed by atoms with van der Waals surface area (Å²) in [6.45, 7) is 5.97. The van der Waals surface area contributed by atoms with Gasteiger partial charge in [-0.15, -0.1) is 0 Å². The normalized spacial score (nSPS) is 14.2. The standard InChI is InChI=1S/C24H29N5O2S/c1-3-19-7-13-22(14-8-19)32(30,31)28-21-11-9-20(10-12-21)26-23-17-18(2)25-24(27-23)29-15-5-4-6-16-29/h7-14,17,28H,3-6,15-16H2,1-2H3,(H,25,26,27). The van der Waals surface area contributed by atoms with Gasteiger partial charge in [0.25, 0.3) is 10.0 Å². The number of sulfonamides is 1. The van der Waals surface area contributed by atoms with Crippen molar-refractivity contribution in [1.29, 1.82) is 0 Å². The van der Waals surface area contributed by atoms with E-state index in [4.69, 9.17) is 0 Å². The highest BCUT2D eigenvalue weighted by Crippen LogP contribution is 2.23. The Morgan fingerprint density at radius 3 is 2.22 bits per heavy atom. The number of hydrogen-bond donors (Lipinski definition) is 2. The number of rotatable bonds is 7. The smallest absolute Gasteiger partial charge is 0.261 e. The van der Waals surface area contributed by atoms with Crippen molar-refractivity contribution in [3.8, 4) is 0 Å². The Balaban J connectivity index is 1.45. The van der Waals surface area contributed by atoms with Gasteiger partial charge in [-0.3, -0.25) is 4.72 Å². The van der Waals surface area contributed by atoms with Crippen molar-refractivity contribution in [1.82, 2.24) is 9.97 Å². The third kappa shape index (κ3) is 5.37. The first-order chi connectivity index (χ1) is 15.4. The average Bonchev–Trinajstić information content (AvgIpc) is 2.80. The van der Waals surface area contributed by atoms with E-state index < -0.39 is 10.0 Å². The van der Waals surface area contributed by atoms with Crippen molar-refractivity contribution in [3.05, 3.63) is 65.9 Å². The van der Waals surface area contributed by atoms with Crippen LogP contribution in [0.4, 0.5) is 23.1 Å². The van der Waals surface area contributed by atoms with Crippen LogP contribution in [0.1, 0.15) is 37.4 Å². The van der Waals surface area contributed by atoms with Crippen LogP contribution in [0.5, 0.6) is 0 Å². The Hall–Kier alpha value is -3.13. The molecule has 8 heteroatoms. The van der Waals surface area contributed by atoms with E-state index in [1.165, 1.54) is 19.3 Å². The fourth-order valence-corrected chi connectivity index (χ4v) is 4.80. The molecule has 32 heavy (non-hydrogen) atoms. The Bertz CT molecular complexity index is 1160. The second-order valence-electron chi connectivity index (χ2n) is 8.05. The van der Waals surface area contributed by atoms with Gasteiger partial charge in [-0.1, -0.05) is 19.1 Å². The second kappa shape index (κ2) is 9.56. The molecular weight excluding hydrogens is 422 g/mol. The van der Waals surface area contributed by atoms with Crippen molar-refractivity contribution in [2.75, 3.05) is 28.0 Å². The van der Waals surface area contributed by atoms with E-state index in [9.17, 15) is 8.42 Å². The van der Waals surface area contributed by atoms with Crippen LogP contribution in [-0.4, -0.2) is 31.5 Å². The SMILES string of the molecule is CCc1ccc(S(=O)(=O)Nc2ccc(Nc3cc(C)nc(N4CCCCC4)n3)cc2)cc1. The number of aromatic nitrogens is 2. The fraction of sp³-hybridized carbons (Fsp3) is 0.333. The van der Waals surface area contributed by atoms with Gasteiger partial charge in [0.15, 0.2) is 0 Å². The summed E-state index contributed by atoms with van der Waals surface area (Å²) in [5.41, 5.74) is 3.33. The van der Waals surface area contributed by atoms with Gasteiger partial charge in [-0.25, -0.2) is 13.4 Å². The molecule has 0 amide bonds. The van der Waals surface area contributed by atoms with Gasteiger partial charge in [0.05, 0.1) is 4.90 Å². The summed E-state index contributed by atoms with van der Waals surface area (Å²) in [6.07, 6.45) is 4.46. The lowest BCUT2D eigenvalue weighted by atomic mass is 10.1. The number of aryl methyl sites for hydroxylation is 2. The van der Waals surface area contributed by atoms with Crippen LogP contribution in [0.25, 0.3) is 0 Å². The molecule has 3 aromatic rings. The van der Waals surface area contributed by atoms with Gasteiger partial charge >= 0.3 is 0 Å². The Morgan fingerprint density at radius 2 is 1.56 bits per heavy atom. The molecule has 0 unspecified atom stereocenters. The van der Waals surface area contributed by atoms with Gasteiger partial charge in [-0.2, -0.15) is 4.98 Å². The van der Waals surface area contributed by atoms with Crippen LogP contribution in [0, 0.1) is 6.92 Å². The molecule has 0 saturated carbocycles. The average molecular weight is 452 g/mol. The van der Waals surface area contributed by atoms with Crippen LogP contribution in [0.2, 0.25) is 0 Å². The first-order valence-corrected chi connectivity index (χ1v) is 12.5. The molecule has 7 nitrogen and oxygen atoms in total. The van der Waals surface area contributed by atoms with Crippen molar-refractivity contribution in [3.63, 3.8) is 0 Å². The first kappa shape index (κ1) is 22.1. The molecule has 0 aliphatic carbocycles. The van der Waals surface area contributed by atoms with E-state index in [1.54, 1.807) is 24.3 Å². The molecule has 2 aromatic carbocycles. The summed E-state index contributed by atoms with van der Waals surface area (Å²) in [7, 11) is -3.63. The molecule has 168 valence electrons. The Kier molecular flexibility index (Phi) is 6.60. The summed E-state index contributed by atoms with van der Waals surface area (Å²) >= 11 is 0. The molecule has 1 aliphatic heterocycles. The monoisotopic (exact) mass is 451 g/mol. The predicted molar refractivity (Wildman–Crippen MR) is 129 cm³/mol. The molecule has 0 atom stereocenters. The minimum absolute atomic E-state index is 0.249. The van der Waals surface area contributed by atoms with E-state index >= 15 is 0 Å². The van der Waals surface area contributed by atoms with Crippen molar-refractivity contribution in [2.24, 2.45) is 0 Å². The number of hydrogen-bond acceptors (Lipinski definition) is 6. The molecule has 1 fully saturated rings. The zero-order chi connectivity index (χ0) is 22.6. The van der Waals surface area contributed by atoms with Crippen LogP contribution in [-0.2, 0) is 16.4 Å². The van der Waals surface area contributed by atoms with E-state index in [0.717, 1.165) is 48.2 Å². The van der Waals surface area contributed by atoms with Gasteiger partial charge in [0.1, 0.15) is 5.82 Å². The second-order valence-corrected chi connectivity index (χ2v) is 9.73. The number of benzene rings is 2. The summed E-state index contributed by atoms with van der Waals surface area (Å²) in [4.78, 5) is 11.7. The lowest BCUT2D eigenvalue weighted by molar-refractivity contribution is 0.568. The molecule has 0 bridgehead atoms. The molecule has 0 spiro atoms. The van der Waals surface area contributed by atoms with E-state index in [-0.39, 0.29) is 4.90 Å². The third-order valence-corrected chi connectivity index (χ3v) is 6.93. The maximum absolute atomic E-state index is 12.7. The lowest BCUT2D eigenvalue weighted by Gasteiger charge is -2.27. The number of piperidine rings is 1. The molecular formula is C24H29N5O2S. The van der Waals surface area contributed by atoms with Gasteiger partial charge in [0.2, 0.25) is 5.95 Å². The van der Waals surface area contributed by atoms with Crippen molar-refractivity contribution < 1.29 is 8.42 Å². The summed E-state index contributed by atoms with van der Waals surface area (Å²) in [5, 5.41) is 3.30. The maximum Gasteiger partial charge on any atom is 0.261 e. The number of anilines is 4. The molecule has 2 heterocycles.